The van der Waals surface area contributed by atoms with Crippen molar-refractivity contribution in [2.75, 3.05) is 27.2 Å². The van der Waals surface area contributed by atoms with Crippen molar-refractivity contribution in [3.63, 3.8) is 0 Å². The highest BCUT2D eigenvalue weighted by molar-refractivity contribution is 9.10. The molecule has 0 heterocycles. The molecule has 1 rings (SSSR count). The van der Waals surface area contributed by atoms with Gasteiger partial charge in [-0.1, -0.05) is 12.2 Å². The minimum atomic E-state index is 0.389. The molecule has 0 spiro atoms. The number of rotatable bonds is 5. The molecule has 1 aromatic carbocycles. The van der Waals surface area contributed by atoms with Gasteiger partial charge in [-0.25, -0.2) is 0 Å². The van der Waals surface area contributed by atoms with Crippen LogP contribution >= 0.6 is 28.1 Å². The average molecular weight is 303 g/mol. The maximum absolute atomic E-state index is 5.61. The number of likely N-dealkylation sites (N-methyl/N-ethyl adjacent to an activating group) is 1. The zero-order valence-corrected chi connectivity index (χ0v) is 11.8. The molecule has 1 aromatic rings. The zero-order chi connectivity index (χ0) is 12.1. The van der Waals surface area contributed by atoms with Crippen LogP contribution in [0.1, 0.15) is 5.56 Å². The van der Waals surface area contributed by atoms with Gasteiger partial charge in [-0.3, -0.25) is 0 Å². The van der Waals surface area contributed by atoms with E-state index in [1.807, 2.05) is 32.3 Å². The highest BCUT2D eigenvalue weighted by atomic mass is 79.9. The number of halogens is 1. The third-order valence-electron chi connectivity index (χ3n) is 2.01. The summed E-state index contributed by atoms with van der Waals surface area (Å²) >= 11 is 8.32. The van der Waals surface area contributed by atoms with Crippen molar-refractivity contribution in [2.24, 2.45) is 5.73 Å². The van der Waals surface area contributed by atoms with Crippen LogP contribution in [0.25, 0.3) is 0 Å². The number of nitrogens with zero attached hydrogens (tertiary/aromatic N) is 1. The molecule has 0 aromatic heterocycles. The summed E-state index contributed by atoms with van der Waals surface area (Å²) in [5, 5.41) is 0. The summed E-state index contributed by atoms with van der Waals surface area (Å²) in [5.74, 6) is 0.807. The molecule has 0 amide bonds. The molecule has 88 valence electrons. The number of benzene rings is 1. The molecular weight excluding hydrogens is 288 g/mol. The molecule has 0 saturated carbocycles. The molecule has 16 heavy (non-hydrogen) atoms. The first-order valence-corrected chi connectivity index (χ1v) is 6.07. The van der Waals surface area contributed by atoms with Gasteiger partial charge in [0, 0.05) is 12.1 Å². The van der Waals surface area contributed by atoms with E-state index in [0.717, 1.165) is 22.3 Å². The summed E-state index contributed by atoms with van der Waals surface area (Å²) in [5.41, 5.74) is 6.37. The SMILES string of the molecule is CN(C)CCOc1ccc(C(N)=S)cc1Br. The molecule has 0 atom stereocenters. The molecule has 0 saturated heterocycles. The van der Waals surface area contributed by atoms with Crippen LogP contribution < -0.4 is 10.5 Å². The number of hydrogen-bond acceptors (Lipinski definition) is 3. The van der Waals surface area contributed by atoms with Crippen molar-refractivity contribution in [3.05, 3.63) is 28.2 Å². The van der Waals surface area contributed by atoms with Crippen molar-refractivity contribution in [1.29, 1.82) is 0 Å². The molecule has 0 aliphatic heterocycles. The van der Waals surface area contributed by atoms with Crippen LogP contribution in [0.15, 0.2) is 22.7 Å². The predicted molar refractivity (Wildman–Crippen MR) is 74.1 cm³/mol. The van der Waals surface area contributed by atoms with E-state index in [-0.39, 0.29) is 0 Å². The first-order valence-electron chi connectivity index (χ1n) is 4.87. The second kappa shape index (κ2) is 6.18. The van der Waals surface area contributed by atoms with Gasteiger partial charge in [0.05, 0.1) is 4.47 Å². The van der Waals surface area contributed by atoms with Gasteiger partial charge in [-0.15, -0.1) is 0 Å². The van der Waals surface area contributed by atoms with Crippen LogP contribution in [-0.2, 0) is 0 Å². The molecule has 0 unspecified atom stereocenters. The Labute approximate surface area is 110 Å². The largest absolute Gasteiger partial charge is 0.491 e. The molecular formula is C11H15BrN2OS. The van der Waals surface area contributed by atoms with Crippen molar-refractivity contribution < 1.29 is 4.74 Å². The lowest BCUT2D eigenvalue weighted by Gasteiger charge is -2.12. The van der Waals surface area contributed by atoms with Gasteiger partial charge < -0.3 is 15.4 Å². The second-order valence-electron chi connectivity index (χ2n) is 3.66. The predicted octanol–water partition coefficient (Wildman–Crippen LogP) is 2.02. The summed E-state index contributed by atoms with van der Waals surface area (Å²) in [6, 6.07) is 5.60. The summed E-state index contributed by atoms with van der Waals surface area (Å²) in [7, 11) is 4.02. The Morgan fingerprint density at radius 3 is 2.69 bits per heavy atom. The first kappa shape index (κ1) is 13.4. The van der Waals surface area contributed by atoms with Gasteiger partial charge in [0.15, 0.2) is 0 Å². The fraction of sp³-hybridized carbons (Fsp3) is 0.364. The Kier molecular flexibility index (Phi) is 5.18. The highest BCUT2D eigenvalue weighted by Crippen LogP contribution is 2.25. The number of hydrogen-bond donors (Lipinski definition) is 1. The van der Waals surface area contributed by atoms with Crippen molar-refractivity contribution >= 4 is 33.1 Å². The van der Waals surface area contributed by atoms with Gasteiger partial charge in [0.2, 0.25) is 0 Å². The summed E-state index contributed by atoms with van der Waals surface area (Å²) < 4.78 is 6.48. The number of thiocarbonyl (C=S) groups is 1. The topological polar surface area (TPSA) is 38.5 Å². The molecule has 0 fully saturated rings. The standard InChI is InChI=1S/C11H15BrN2OS/c1-14(2)5-6-15-10-4-3-8(11(13)16)7-9(10)12/h3-4,7H,5-6H2,1-2H3,(H2,13,16). The Hall–Kier alpha value is -0.650. The van der Waals surface area contributed by atoms with Crippen molar-refractivity contribution in [3.8, 4) is 5.75 Å². The average Bonchev–Trinajstić information content (AvgIpc) is 2.19. The van der Waals surface area contributed by atoms with Crippen LogP contribution in [-0.4, -0.2) is 37.1 Å². The normalized spacial score (nSPS) is 10.5. The monoisotopic (exact) mass is 302 g/mol. The fourth-order valence-electron chi connectivity index (χ4n) is 1.11. The third-order valence-corrected chi connectivity index (χ3v) is 2.87. The second-order valence-corrected chi connectivity index (χ2v) is 4.96. The van der Waals surface area contributed by atoms with E-state index >= 15 is 0 Å². The minimum Gasteiger partial charge on any atom is -0.491 e. The molecule has 2 N–H and O–H groups in total. The van der Waals surface area contributed by atoms with Crippen LogP contribution in [0.5, 0.6) is 5.75 Å². The third kappa shape index (κ3) is 4.08. The Morgan fingerprint density at radius 1 is 1.50 bits per heavy atom. The lowest BCUT2D eigenvalue weighted by molar-refractivity contribution is 0.260. The van der Waals surface area contributed by atoms with Crippen LogP contribution in [0, 0.1) is 0 Å². The Balaban J connectivity index is 2.64. The molecule has 0 bridgehead atoms. The quantitative estimate of drug-likeness (QED) is 0.845. The van der Waals surface area contributed by atoms with Crippen molar-refractivity contribution in [2.45, 2.75) is 0 Å². The molecule has 0 radical (unpaired) electrons. The van der Waals surface area contributed by atoms with Gasteiger partial charge in [-0.05, 0) is 48.2 Å². The van der Waals surface area contributed by atoms with E-state index in [9.17, 15) is 0 Å². The maximum atomic E-state index is 5.61. The van der Waals surface area contributed by atoms with E-state index in [1.165, 1.54) is 0 Å². The Bertz CT molecular complexity index is 382. The number of ether oxygens (including phenoxy) is 1. The van der Waals surface area contributed by atoms with Crippen molar-refractivity contribution in [1.82, 2.24) is 4.90 Å². The van der Waals surface area contributed by atoms with E-state index in [1.54, 1.807) is 0 Å². The van der Waals surface area contributed by atoms with Gasteiger partial charge in [-0.2, -0.15) is 0 Å². The van der Waals surface area contributed by atoms with E-state index < -0.39 is 0 Å². The van der Waals surface area contributed by atoms with E-state index in [4.69, 9.17) is 22.7 Å². The summed E-state index contributed by atoms with van der Waals surface area (Å²) in [4.78, 5) is 2.46. The lowest BCUT2D eigenvalue weighted by atomic mass is 10.2. The van der Waals surface area contributed by atoms with Crippen LogP contribution in [0.2, 0.25) is 0 Å². The van der Waals surface area contributed by atoms with Crippen LogP contribution in [0.4, 0.5) is 0 Å². The smallest absolute Gasteiger partial charge is 0.133 e. The molecule has 5 heteroatoms. The minimum absolute atomic E-state index is 0.389. The number of nitrogens with two attached hydrogens (primary N) is 1. The molecule has 0 aliphatic carbocycles. The summed E-state index contributed by atoms with van der Waals surface area (Å²) in [6.45, 7) is 1.53. The van der Waals surface area contributed by atoms with E-state index in [2.05, 4.69) is 20.8 Å². The zero-order valence-electron chi connectivity index (χ0n) is 9.37. The van der Waals surface area contributed by atoms with Gasteiger partial charge in [0.25, 0.3) is 0 Å². The first-order chi connectivity index (χ1) is 7.50. The van der Waals surface area contributed by atoms with Gasteiger partial charge in [0.1, 0.15) is 17.3 Å². The fourth-order valence-corrected chi connectivity index (χ4v) is 1.73. The molecule has 0 aliphatic rings. The molecule has 3 nitrogen and oxygen atoms in total. The lowest BCUT2D eigenvalue weighted by Crippen LogP contribution is -2.19. The highest BCUT2D eigenvalue weighted by Gasteiger charge is 2.04. The van der Waals surface area contributed by atoms with E-state index in [0.29, 0.717) is 11.6 Å². The maximum Gasteiger partial charge on any atom is 0.133 e. The van der Waals surface area contributed by atoms with Crippen LogP contribution in [0.3, 0.4) is 0 Å². The van der Waals surface area contributed by atoms with Gasteiger partial charge >= 0.3 is 0 Å². The summed E-state index contributed by atoms with van der Waals surface area (Å²) in [6.07, 6.45) is 0. The Morgan fingerprint density at radius 2 is 2.19 bits per heavy atom.